The summed E-state index contributed by atoms with van der Waals surface area (Å²) in [5, 5.41) is 11.8. The van der Waals surface area contributed by atoms with Crippen LogP contribution in [0.25, 0.3) is 16.0 Å². The zero-order valence-electron chi connectivity index (χ0n) is 21.7. The van der Waals surface area contributed by atoms with Crippen LogP contribution < -0.4 is 14.4 Å². The van der Waals surface area contributed by atoms with Crippen LogP contribution in [0.2, 0.25) is 0 Å². The Morgan fingerprint density at radius 3 is 2.47 bits per heavy atom. The number of hydrogen-bond donors (Lipinski definition) is 1. The Kier molecular flexibility index (Phi) is 6.40. The summed E-state index contributed by atoms with van der Waals surface area (Å²) in [6.07, 6.45) is 1.58. The molecule has 0 bridgehead atoms. The van der Waals surface area contributed by atoms with Gasteiger partial charge < -0.3 is 14.6 Å². The molecule has 1 atom stereocenters. The van der Waals surface area contributed by atoms with Crippen molar-refractivity contribution >= 4 is 44.1 Å². The Hall–Kier alpha value is -4.24. The number of Topliss-reactive ketones (excluding diaryl/α,β-unsaturated/α-hetero) is 1. The third-order valence-electron chi connectivity index (χ3n) is 6.53. The molecule has 1 aliphatic heterocycles. The second-order valence-electron chi connectivity index (χ2n) is 9.92. The van der Waals surface area contributed by atoms with E-state index in [9.17, 15) is 14.7 Å². The van der Waals surface area contributed by atoms with Crippen LogP contribution in [0.3, 0.4) is 0 Å². The maximum atomic E-state index is 13.5. The number of ether oxygens (including phenoxy) is 2. The van der Waals surface area contributed by atoms with Crippen molar-refractivity contribution in [3.8, 4) is 11.5 Å². The first-order valence-corrected chi connectivity index (χ1v) is 12.8. The van der Waals surface area contributed by atoms with Gasteiger partial charge in [0.15, 0.2) is 5.13 Å². The van der Waals surface area contributed by atoms with Crippen LogP contribution in [-0.4, -0.2) is 41.0 Å². The van der Waals surface area contributed by atoms with Gasteiger partial charge in [-0.15, -0.1) is 0 Å². The first-order chi connectivity index (χ1) is 18.1. The number of hydrogen-bond acceptors (Lipinski definition) is 8. The second kappa shape index (κ2) is 9.57. The van der Waals surface area contributed by atoms with E-state index in [0.29, 0.717) is 22.3 Å². The predicted octanol–water partition coefficient (Wildman–Crippen LogP) is 5.63. The lowest BCUT2D eigenvalue weighted by Gasteiger charge is -2.22. The summed E-state index contributed by atoms with van der Waals surface area (Å²) in [5.41, 5.74) is 2.38. The normalized spacial score (nSPS) is 17.3. The van der Waals surface area contributed by atoms with Crippen molar-refractivity contribution in [3.05, 3.63) is 83.2 Å². The highest BCUT2D eigenvalue weighted by Gasteiger charge is 2.49. The number of fused-ring (bicyclic) bond motifs is 1. The quantitative estimate of drug-likeness (QED) is 0.203. The van der Waals surface area contributed by atoms with Gasteiger partial charge in [-0.05, 0) is 47.4 Å². The van der Waals surface area contributed by atoms with E-state index in [2.05, 4.69) is 31.8 Å². The van der Waals surface area contributed by atoms with Gasteiger partial charge in [0, 0.05) is 12.3 Å². The van der Waals surface area contributed by atoms with E-state index in [1.165, 1.54) is 30.5 Å². The summed E-state index contributed by atoms with van der Waals surface area (Å²) >= 11 is 1.32. The van der Waals surface area contributed by atoms with Crippen LogP contribution in [0.1, 0.15) is 43.6 Å². The smallest absolute Gasteiger partial charge is 0.301 e. The molecule has 8 nitrogen and oxygen atoms in total. The highest BCUT2D eigenvalue weighted by atomic mass is 32.1. The van der Waals surface area contributed by atoms with Gasteiger partial charge in [0.2, 0.25) is 0 Å². The predicted molar refractivity (Wildman–Crippen MR) is 147 cm³/mol. The Morgan fingerprint density at radius 2 is 1.82 bits per heavy atom. The minimum Gasteiger partial charge on any atom is -0.507 e. The number of aliphatic hydroxyl groups excluding tert-OH is 1. The van der Waals surface area contributed by atoms with Gasteiger partial charge >= 0.3 is 5.91 Å². The first kappa shape index (κ1) is 25.4. The van der Waals surface area contributed by atoms with Gasteiger partial charge in [-0.25, -0.2) is 4.98 Å². The number of amides is 1. The summed E-state index contributed by atoms with van der Waals surface area (Å²) in [6, 6.07) is 15.1. The van der Waals surface area contributed by atoms with Crippen molar-refractivity contribution in [3.63, 3.8) is 0 Å². The van der Waals surface area contributed by atoms with Crippen LogP contribution in [0.4, 0.5) is 5.13 Å². The van der Waals surface area contributed by atoms with Gasteiger partial charge in [0.1, 0.15) is 23.3 Å². The molecule has 2 aromatic carbocycles. The minimum absolute atomic E-state index is 0.0621. The monoisotopic (exact) mass is 529 g/mol. The van der Waals surface area contributed by atoms with Gasteiger partial charge in [-0.2, -0.15) is 0 Å². The lowest BCUT2D eigenvalue weighted by atomic mass is 9.87. The number of pyridine rings is 1. The molecule has 1 aliphatic rings. The average molecular weight is 530 g/mol. The zero-order valence-corrected chi connectivity index (χ0v) is 22.5. The Balaban J connectivity index is 1.71. The fourth-order valence-corrected chi connectivity index (χ4v) is 5.50. The molecule has 38 heavy (non-hydrogen) atoms. The lowest BCUT2D eigenvalue weighted by molar-refractivity contribution is -0.132. The van der Waals surface area contributed by atoms with E-state index in [0.717, 1.165) is 15.8 Å². The molecule has 4 aromatic rings. The van der Waals surface area contributed by atoms with Crippen molar-refractivity contribution in [2.24, 2.45) is 0 Å². The van der Waals surface area contributed by atoms with Crippen molar-refractivity contribution in [1.29, 1.82) is 0 Å². The molecule has 5 rings (SSSR count). The van der Waals surface area contributed by atoms with Crippen LogP contribution in [0.5, 0.6) is 11.5 Å². The molecular weight excluding hydrogens is 502 g/mol. The van der Waals surface area contributed by atoms with Crippen LogP contribution in [0.15, 0.2) is 66.4 Å². The van der Waals surface area contributed by atoms with Crippen LogP contribution >= 0.6 is 11.3 Å². The molecular formula is C29H27N3O5S. The number of anilines is 1. The topological polar surface area (TPSA) is 102 Å². The fraction of sp³-hybridized carbons (Fsp3) is 0.241. The lowest BCUT2D eigenvalue weighted by Crippen LogP contribution is -2.29. The highest BCUT2D eigenvalue weighted by molar-refractivity contribution is 7.22. The molecule has 194 valence electrons. The van der Waals surface area contributed by atoms with E-state index in [-0.39, 0.29) is 22.3 Å². The van der Waals surface area contributed by atoms with Crippen molar-refractivity contribution in [2.45, 2.75) is 32.2 Å². The SMILES string of the molecule is COc1ccc(/C(O)=C2\C(=O)C(=O)N(c3nc4ccc(C(C)(C)C)cc4s3)C2c2ccccn2)c(OC)c1. The van der Waals surface area contributed by atoms with Crippen molar-refractivity contribution < 1.29 is 24.2 Å². The number of methoxy groups -OCH3 is 2. The molecule has 1 amide bonds. The number of aliphatic hydroxyl groups is 1. The third-order valence-corrected chi connectivity index (χ3v) is 7.54. The number of ketones is 1. The van der Waals surface area contributed by atoms with Crippen LogP contribution in [-0.2, 0) is 15.0 Å². The Bertz CT molecular complexity index is 1590. The molecule has 0 saturated carbocycles. The second-order valence-corrected chi connectivity index (χ2v) is 10.9. The van der Waals surface area contributed by atoms with Gasteiger partial charge in [0.25, 0.3) is 5.78 Å². The van der Waals surface area contributed by atoms with E-state index in [1.54, 1.807) is 42.6 Å². The summed E-state index contributed by atoms with van der Waals surface area (Å²) in [5.74, 6) is -1.17. The summed E-state index contributed by atoms with van der Waals surface area (Å²) in [7, 11) is 2.97. The zero-order chi connectivity index (χ0) is 27.2. The van der Waals surface area contributed by atoms with E-state index >= 15 is 0 Å². The number of aromatic nitrogens is 2. The number of thiazole rings is 1. The molecule has 1 fully saturated rings. The molecule has 0 aliphatic carbocycles. The standard InChI is InChI=1S/C29H27N3O5S/c1-29(2,3)16-9-12-19-22(14-16)38-28(31-19)32-24(20-8-6-7-13-30-20)23(26(34)27(32)35)25(33)18-11-10-17(36-4)15-21(18)37-5/h6-15,24,33H,1-5H3/b25-23+. The third kappa shape index (κ3) is 4.28. The van der Waals surface area contributed by atoms with Gasteiger partial charge in [-0.3, -0.25) is 19.5 Å². The molecule has 0 spiro atoms. The summed E-state index contributed by atoms with van der Waals surface area (Å²) in [4.78, 5) is 37.5. The summed E-state index contributed by atoms with van der Waals surface area (Å²) in [6.45, 7) is 6.38. The van der Waals surface area contributed by atoms with Crippen molar-refractivity contribution in [1.82, 2.24) is 9.97 Å². The molecule has 2 aromatic heterocycles. The first-order valence-electron chi connectivity index (χ1n) is 12.0. The molecule has 1 N–H and O–H groups in total. The fourth-order valence-electron chi connectivity index (χ4n) is 4.47. The van der Waals surface area contributed by atoms with Gasteiger partial charge in [-0.1, -0.05) is 44.2 Å². The minimum atomic E-state index is -0.981. The molecule has 1 unspecified atom stereocenters. The summed E-state index contributed by atoms with van der Waals surface area (Å²) < 4.78 is 11.6. The molecule has 0 radical (unpaired) electrons. The highest BCUT2D eigenvalue weighted by Crippen LogP contribution is 2.45. The maximum Gasteiger partial charge on any atom is 0.301 e. The number of carbonyl (C=O) groups excluding carboxylic acids is 2. The maximum absolute atomic E-state index is 13.5. The van der Waals surface area contributed by atoms with E-state index in [1.807, 2.05) is 12.1 Å². The Labute approximate surface area is 224 Å². The van der Waals surface area contributed by atoms with Crippen LogP contribution in [0, 0.1) is 0 Å². The van der Waals surface area contributed by atoms with Crippen molar-refractivity contribution in [2.75, 3.05) is 19.1 Å². The number of carbonyl (C=O) groups is 2. The number of benzene rings is 2. The Morgan fingerprint density at radius 1 is 1.03 bits per heavy atom. The molecule has 9 heteroatoms. The molecule has 1 saturated heterocycles. The van der Waals surface area contributed by atoms with E-state index < -0.39 is 17.7 Å². The van der Waals surface area contributed by atoms with E-state index in [4.69, 9.17) is 14.5 Å². The number of nitrogens with zero attached hydrogens (tertiary/aromatic N) is 3. The van der Waals surface area contributed by atoms with Gasteiger partial charge in [0.05, 0.1) is 41.3 Å². The largest absolute Gasteiger partial charge is 0.507 e. The molecule has 3 heterocycles. The average Bonchev–Trinajstić information content (AvgIpc) is 3.45. The number of rotatable bonds is 5.